The third-order valence-electron chi connectivity index (χ3n) is 3.36. The highest BCUT2D eigenvalue weighted by Gasteiger charge is 2.20. The van der Waals surface area contributed by atoms with E-state index in [0.29, 0.717) is 6.04 Å². The molecule has 18 heavy (non-hydrogen) atoms. The number of benzene rings is 1. The summed E-state index contributed by atoms with van der Waals surface area (Å²) in [7, 11) is 5.90. The summed E-state index contributed by atoms with van der Waals surface area (Å²) in [6, 6.07) is 6.78. The number of fused-ring (bicyclic) bond motifs is 1. The van der Waals surface area contributed by atoms with Gasteiger partial charge in [0.25, 0.3) is 0 Å². The topological polar surface area (TPSA) is 24.5 Å². The predicted molar refractivity (Wildman–Crippen MR) is 78.6 cm³/mol. The van der Waals surface area contributed by atoms with Crippen molar-refractivity contribution in [3.63, 3.8) is 0 Å². The molecule has 0 bridgehead atoms. The van der Waals surface area contributed by atoms with Crippen LogP contribution in [0, 0.1) is 0 Å². The lowest BCUT2D eigenvalue weighted by molar-refractivity contribution is 0.413. The second kappa shape index (κ2) is 7.27. The van der Waals surface area contributed by atoms with E-state index in [1.54, 1.807) is 7.11 Å². The molecule has 1 aromatic carbocycles. The average Bonchev–Trinajstić information content (AvgIpc) is 2.59. The van der Waals surface area contributed by atoms with Crippen LogP contribution in [0.5, 0.6) is 5.75 Å². The van der Waals surface area contributed by atoms with Crippen LogP contribution in [0.15, 0.2) is 18.2 Å². The first kappa shape index (κ1) is 14.8. The second-order valence-corrected chi connectivity index (χ2v) is 4.33. The van der Waals surface area contributed by atoms with Gasteiger partial charge in [-0.05, 0) is 43.7 Å². The molecule has 1 aromatic rings. The van der Waals surface area contributed by atoms with E-state index >= 15 is 0 Å². The van der Waals surface area contributed by atoms with Gasteiger partial charge in [0, 0.05) is 25.3 Å². The van der Waals surface area contributed by atoms with Gasteiger partial charge in [-0.25, -0.2) is 0 Å². The summed E-state index contributed by atoms with van der Waals surface area (Å²) in [6.07, 6.45) is 2.40. The van der Waals surface area contributed by atoms with E-state index in [-0.39, 0.29) is 0 Å². The van der Waals surface area contributed by atoms with Crippen molar-refractivity contribution in [1.29, 1.82) is 0 Å². The van der Waals surface area contributed by atoms with Crippen molar-refractivity contribution in [2.24, 2.45) is 0 Å². The van der Waals surface area contributed by atoms with Gasteiger partial charge in [-0.2, -0.15) is 0 Å². The number of hydrogen-bond donors (Lipinski definition) is 1. The van der Waals surface area contributed by atoms with Crippen LogP contribution in [0.2, 0.25) is 0 Å². The number of rotatable bonds is 2. The molecule has 1 aliphatic rings. The van der Waals surface area contributed by atoms with Crippen LogP contribution in [-0.4, -0.2) is 27.7 Å². The van der Waals surface area contributed by atoms with E-state index in [1.165, 1.54) is 24.1 Å². The Labute approximate surface area is 111 Å². The highest BCUT2D eigenvalue weighted by molar-refractivity contribution is 5.58. The van der Waals surface area contributed by atoms with Gasteiger partial charge in [0.05, 0.1) is 7.11 Å². The lowest BCUT2D eigenvalue weighted by atomic mass is 10.0. The normalized spacial score (nSPS) is 18.3. The number of nitrogens with one attached hydrogen (secondary N) is 1. The molecule has 0 radical (unpaired) electrons. The molecule has 3 nitrogen and oxygen atoms in total. The van der Waals surface area contributed by atoms with Crippen LogP contribution in [0.1, 0.15) is 38.3 Å². The molecule has 0 amide bonds. The maximum atomic E-state index is 5.30. The third kappa shape index (κ3) is 3.16. The zero-order valence-electron chi connectivity index (χ0n) is 12.3. The summed E-state index contributed by atoms with van der Waals surface area (Å²) in [5.74, 6) is 0.939. The summed E-state index contributed by atoms with van der Waals surface area (Å²) >= 11 is 0. The molecule has 0 saturated heterocycles. The Bertz CT molecular complexity index is 366. The van der Waals surface area contributed by atoms with Gasteiger partial charge in [0.15, 0.2) is 0 Å². The Balaban J connectivity index is 0.000000771. The van der Waals surface area contributed by atoms with Gasteiger partial charge < -0.3 is 15.0 Å². The van der Waals surface area contributed by atoms with Gasteiger partial charge in [-0.15, -0.1) is 0 Å². The maximum Gasteiger partial charge on any atom is 0.119 e. The van der Waals surface area contributed by atoms with Gasteiger partial charge in [0.2, 0.25) is 0 Å². The lowest BCUT2D eigenvalue weighted by Crippen LogP contribution is -2.18. The molecule has 0 spiro atoms. The van der Waals surface area contributed by atoms with Crippen molar-refractivity contribution in [3.05, 3.63) is 23.8 Å². The Morgan fingerprint density at radius 3 is 2.67 bits per heavy atom. The Morgan fingerprint density at radius 1 is 1.33 bits per heavy atom. The molecule has 1 aliphatic heterocycles. The van der Waals surface area contributed by atoms with Crippen molar-refractivity contribution in [3.8, 4) is 5.75 Å². The van der Waals surface area contributed by atoms with Crippen molar-refractivity contribution < 1.29 is 4.74 Å². The molecular formula is C15H26N2O. The fraction of sp³-hybridized carbons (Fsp3) is 0.600. The Morgan fingerprint density at radius 2 is 2.06 bits per heavy atom. The second-order valence-electron chi connectivity index (χ2n) is 4.33. The predicted octanol–water partition coefficient (Wildman–Crippen LogP) is 3.21. The minimum absolute atomic E-state index is 0.440. The maximum absolute atomic E-state index is 5.30. The summed E-state index contributed by atoms with van der Waals surface area (Å²) in [6.45, 7) is 5.12. The summed E-state index contributed by atoms with van der Waals surface area (Å²) in [5.41, 5.74) is 2.67. The van der Waals surface area contributed by atoms with Crippen molar-refractivity contribution in [1.82, 2.24) is 5.32 Å². The van der Waals surface area contributed by atoms with Crippen molar-refractivity contribution in [2.75, 3.05) is 32.6 Å². The molecule has 1 heterocycles. The minimum atomic E-state index is 0.440. The highest BCUT2D eigenvalue weighted by atomic mass is 16.5. The van der Waals surface area contributed by atoms with E-state index in [2.05, 4.69) is 29.4 Å². The quantitative estimate of drug-likeness (QED) is 0.872. The lowest BCUT2D eigenvalue weighted by Gasteiger charge is -2.22. The minimum Gasteiger partial charge on any atom is -0.497 e. The van der Waals surface area contributed by atoms with E-state index < -0.39 is 0 Å². The zero-order chi connectivity index (χ0) is 13.5. The number of methoxy groups -OCH3 is 1. The van der Waals surface area contributed by atoms with Gasteiger partial charge in [-0.3, -0.25) is 0 Å². The molecule has 102 valence electrons. The molecule has 2 rings (SSSR count). The molecular weight excluding hydrogens is 224 g/mol. The van der Waals surface area contributed by atoms with Crippen molar-refractivity contribution >= 4 is 5.69 Å². The van der Waals surface area contributed by atoms with E-state index in [9.17, 15) is 0 Å². The molecule has 0 aromatic heterocycles. The fourth-order valence-corrected chi connectivity index (χ4v) is 2.39. The summed E-state index contributed by atoms with van der Waals surface area (Å²) in [5, 5.41) is 3.39. The molecule has 1 atom stereocenters. The van der Waals surface area contributed by atoms with Crippen LogP contribution in [0.3, 0.4) is 0 Å². The van der Waals surface area contributed by atoms with Gasteiger partial charge >= 0.3 is 0 Å². The largest absolute Gasteiger partial charge is 0.497 e. The SMILES string of the molecule is CC.CNC1CCCN(C)c2ccc(OC)cc21. The van der Waals surface area contributed by atoms with Crippen LogP contribution in [-0.2, 0) is 0 Å². The van der Waals surface area contributed by atoms with E-state index in [0.717, 1.165) is 12.3 Å². The molecule has 0 saturated carbocycles. The standard InChI is InChI=1S/C13H20N2O.C2H6/c1-14-12-5-4-8-15(2)13-7-6-10(16-3)9-11(12)13;1-2/h6-7,9,12,14H,4-5,8H2,1-3H3;1-2H3. The molecule has 1 unspecified atom stereocenters. The highest BCUT2D eigenvalue weighted by Crippen LogP contribution is 2.34. The first-order valence-electron chi connectivity index (χ1n) is 6.82. The smallest absolute Gasteiger partial charge is 0.119 e. The summed E-state index contributed by atoms with van der Waals surface area (Å²) < 4.78 is 5.30. The third-order valence-corrected chi connectivity index (χ3v) is 3.36. The Kier molecular flexibility index (Phi) is 5.99. The van der Waals surface area contributed by atoms with Crippen LogP contribution in [0.25, 0.3) is 0 Å². The molecule has 1 N–H and O–H groups in total. The van der Waals surface area contributed by atoms with Gasteiger partial charge in [-0.1, -0.05) is 13.8 Å². The van der Waals surface area contributed by atoms with Crippen LogP contribution >= 0.6 is 0 Å². The fourth-order valence-electron chi connectivity index (χ4n) is 2.39. The zero-order valence-corrected chi connectivity index (χ0v) is 12.3. The van der Waals surface area contributed by atoms with Crippen LogP contribution in [0.4, 0.5) is 5.69 Å². The molecule has 0 aliphatic carbocycles. The molecule has 3 heteroatoms. The number of nitrogens with zero attached hydrogens (tertiary/aromatic N) is 1. The Hall–Kier alpha value is -1.22. The first-order valence-corrected chi connectivity index (χ1v) is 6.82. The number of anilines is 1. The first-order chi connectivity index (χ1) is 8.76. The van der Waals surface area contributed by atoms with Crippen LogP contribution < -0.4 is 15.0 Å². The average molecular weight is 250 g/mol. The van der Waals surface area contributed by atoms with Crippen molar-refractivity contribution in [2.45, 2.75) is 32.7 Å². The summed E-state index contributed by atoms with van der Waals surface area (Å²) in [4.78, 5) is 2.33. The monoisotopic (exact) mass is 250 g/mol. The number of ether oxygens (including phenoxy) is 1. The van der Waals surface area contributed by atoms with E-state index in [1.807, 2.05) is 27.0 Å². The van der Waals surface area contributed by atoms with E-state index in [4.69, 9.17) is 4.74 Å². The van der Waals surface area contributed by atoms with Gasteiger partial charge in [0.1, 0.15) is 5.75 Å². The molecule has 0 fully saturated rings. The number of hydrogen-bond acceptors (Lipinski definition) is 3.